The van der Waals surface area contributed by atoms with Crippen molar-refractivity contribution in [1.82, 2.24) is 10.2 Å². The van der Waals surface area contributed by atoms with E-state index in [1.54, 1.807) is 24.1 Å². The summed E-state index contributed by atoms with van der Waals surface area (Å²) < 4.78 is 5.24. The van der Waals surface area contributed by atoms with Crippen LogP contribution >= 0.6 is 11.6 Å². The summed E-state index contributed by atoms with van der Waals surface area (Å²) in [6, 6.07) is 14.6. The van der Waals surface area contributed by atoms with Crippen molar-refractivity contribution in [1.29, 1.82) is 0 Å². The molecule has 0 aromatic heterocycles. The minimum absolute atomic E-state index is 0.0626. The predicted molar refractivity (Wildman–Crippen MR) is 123 cm³/mol. The third-order valence-corrected chi connectivity index (χ3v) is 6.12. The van der Waals surface area contributed by atoms with Gasteiger partial charge < -0.3 is 15.0 Å². The van der Waals surface area contributed by atoms with E-state index < -0.39 is 6.04 Å². The summed E-state index contributed by atoms with van der Waals surface area (Å²) in [5, 5.41) is 3.80. The first-order valence-corrected chi connectivity index (χ1v) is 11.3. The van der Waals surface area contributed by atoms with Crippen LogP contribution < -0.4 is 10.1 Å². The van der Waals surface area contributed by atoms with Crippen LogP contribution in [0.5, 0.6) is 5.75 Å². The zero-order valence-electron chi connectivity index (χ0n) is 18.3. The second-order valence-electron chi connectivity index (χ2n) is 8.09. The molecule has 6 heteroatoms. The smallest absolute Gasteiger partial charge is 0.243 e. The number of methoxy groups -OCH3 is 1. The number of nitrogens with one attached hydrogen (secondary N) is 1. The lowest BCUT2D eigenvalue weighted by atomic mass is 10.1. The first kappa shape index (κ1) is 23.1. The quantitative estimate of drug-likeness (QED) is 0.609. The van der Waals surface area contributed by atoms with E-state index in [0.717, 1.165) is 42.6 Å². The topological polar surface area (TPSA) is 58.6 Å². The third kappa shape index (κ3) is 6.47. The standard InChI is InChI=1S/C25H31ClN2O3/c1-3-23(25(30)27-21-6-4-5-7-21)28(17-19-10-14-22(31-2)15-11-19)24(29)16-18-8-12-20(26)13-9-18/h8-15,21,23H,3-7,16-17H2,1-2H3,(H,27,30)/t23-/m1/s1. The maximum Gasteiger partial charge on any atom is 0.243 e. The molecule has 166 valence electrons. The van der Waals surface area contributed by atoms with Crippen LogP contribution in [0.15, 0.2) is 48.5 Å². The lowest BCUT2D eigenvalue weighted by Crippen LogP contribution is -2.51. The number of nitrogens with zero attached hydrogens (tertiary/aromatic N) is 1. The second kappa shape index (κ2) is 11.2. The van der Waals surface area contributed by atoms with Gasteiger partial charge in [-0.2, -0.15) is 0 Å². The van der Waals surface area contributed by atoms with Crippen LogP contribution in [0.3, 0.4) is 0 Å². The summed E-state index contributed by atoms with van der Waals surface area (Å²) in [7, 11) is 1.62. The summed E-state index contributed by atoms with van der Waals surface area (Å²) in [6.45, 7) is 2.32. The molecule has 3 rings (SSSR count). The first-order chi connectivity index (χ1) is 15.0. The van der Waals surface area contributed by atoms with E-state index in [4.69, 9.17) is 16.3 Å². The number of hydrogen-bond donors (Lipinski definition) is 1. The highest BCUT2D eigenvalue weighted by molar-refractivity contribution is 6.30. The minimum atomic E-state index is -0.512. The van der Waals surface area contributed by atoms with Crippen molar-refractivity contribution in [3.05, 3.63) is 64.7 Å². The Balaban J connectivity index is 1.80. The minimum Gasteiger partial charge on any atom is -0.497 e. The summed E-state index contributed by atoms with van der Waals surface area (Å²) in [5.41, 5.74) is 1.83. The molecule has 2 amide bonds. The van der Waals surface area contributed by atoms with Crippen molar-refractivity contribution < 1.29 is 14.3 Å². The fraction of sp³-hybridized carbons (Fsp3) is 0.440. The SMILES string of the molecule is CC[C@H](C(=O)NC1CCCC1)N(Cc1ccc(OC)cc1)C(=O)Cc1ccc(Cl)cc1. The molecular formula is C25H31ClN2O3. The van der Waals surface area contributed by atoms with E-state index in [2.05, 4.69) is 5.32 Å². The van der Waals surface area contributed by atoms with E-state index in [0.29, 0.717) is 18.0 Å². The van der Waals surface area contributed by atoms with Gasteiger partial charge in [-0.05, 0) is 54.7 Å². The third-order valence-electron chi connectivity index (χ3n) is 5.87. The molecule has 1 N–H and O–H groups in total. The maximum absolute atomic E-state index is 13.4. The summed E-state index contributed by atoms with van der Waals surface area (Å²) in [5.74, 6) is 0.618. The van der Waals surface area contributed by atoms with Gasteiger partial charge in [0.25, 0.3) is 0 Å². The van der Waals surface area contributed by atoms with E-state index in [-0.39, 0.29) is 24.3 Å². The molecule has 0 unspecified atom stereocenters. The fourth-order valence-electron chi connectivity index (χ4n) is 4.09. The number of hydrogen-bond acceptors (Lipinski definition) is 3. The van der Waals surface area contributed by atoms with Crippen molar-refractivity contribution in [3.63, 3.8) is 0 Å². The number of carbonyl (C=O) groups excluding carboxylic acids is 2. The Kier molecular flexibility index (Phi) is 8.35. The van der Waals surface area contributed by atoms with Crippen LogP contribution in [0, 0.1) is 0 Å². The summed E-state index contributed by atoms with van der Waals surface area (Å²) in [6.07, 6.45) is 5.10. The largest absolute Gasteiger partial charge is 0.497 e. The molecule has 2 aromatic carbocycles. The zero-order valence-corrected chi connectivity index (χ0v) is 19.0. The van der Waals surface area contributed by atoms with Crippen molar-refractivity contribution >= 4 is 23.4 Å². The van der Waals surface area contributed by atoms with Gasteiger partial charge in [-0.3, -0.25) is 9.59 Å². The molecule has 0 aliphatic heterocycles. The molecule has 1 aliphatic carbocycles. The molecule has 0 bridgehead atoms. The Bertz CT molecular complexity index is 861. The Morgan fingerprint density at radius 3 is 2.26 bits per heavy atom. The summed E-state index contributed by atoms with van der Waals surface area (Å²) in [4.78, 5) is 28.2. The van der Waals surface area contributed by atoms with Gasteiger partial charge >= 0.3 is 0 Å². The molecule has 1 saturated carbocycles. The fourth-order valence-corrected chi connectivity index (χ4v) is 4.22. The van der Waals surface area contributed by atoms with Gasteiger partial charge in [0.2, 0.25) is 11.8 Å². The van der Waals surface area contributed by atoms with Crippen LogP contribution in [0.1, 0.15) is 50.2 Å². The number of ether oxygens (including phenoxy) is 1. The molecule has 0 saturated heterocycles. The molecule has 1 atom stereocenters. The average molecular weight is 443 g/mol. The van der Waals surface area contributed by atoms with Crippen LogP contribution in [0.4, 0.5) is 0 Å². The molecule has 2 aromatic rings. The Morgan fingerprint density at radius 1 is 1.06 bits per heavy atom. The van der Waals surface area contributed by atoms with Crippen LogP contribution in [-0.4, -0.2) is 35.9 Å². The molecule has 0 spiro atoms. The normalized spacial score (nSPS) is 14.8. The maximum atomic E-state index is 13.4. The van der Waals surface area contributed by atoms with Gasteiger partial charge in [0.1, 0.15) is 11.8 Å². The molecule has 31 heavy (non-hydrogen) atoms. The molecule has 0 radical (unpaired) electrons. The average Bonchev–Trinajstić information content (AvgIpc) is 3.28. The molecule has 1 fully saturated rings. The van der Waals surface area contributed by atoms with Crippen LogP contribution in [0.2, 0.25) is 5.02 Å². The first-order valence-electron chi connectivity index (χ1n) is 11.0. The van der Waals surface area contributed by atoms with Crippen molar-refractivity contribution in [2.45, 2.75) is 64.1 Å². The highest BCUT2D eigenvalue weighted by Gasteiger charge is 2.30. The Hall–Kier alpha value is -2.53. The Morgan fingerprint density at radius 2 is 1.68 bits per heavy atom. The lowest BCUT2D eigenvalue weighted by molar-refractivity contribution is -0.141. The van der Waals surface area contributed by atoms with Crippen molar-refractivity contribution in [3.8, 4) is 5.75 Å². The molecule has 0 heterocycles. The number of rotatable bonds is 9. The van der Waals surface area contributed by atoms with Gasteiger partial charge in [-0.1, -0.05) is 55.6 Å². The molecular weight excluding hydrogens is 412 g/mol. The monoisotopic (exact) mass is 442 g/mol. The van der Waals surface area contributed by atoms with E-state index in [9.17, 15) is 9.59 Å². The second-order valence-corrected chi connectivity index (χ2v) is 8.52. The number of amides is 2. The van der Waals surface area contributed by atoms with Crippen molar-refractivity contribution in [2.24, 2.45) is 0 Å². The zero-order chi connectivity index (χ0) is 22.2. The van der Waals surface area contributed by atoms with E-state index >= 15 is 0 Å². The number of halogens is 1. The predicted octanol–water partition coefficient (Wildman–Crippen LogP) is 4.76. The number of carbonyl (C=O) groups is 2. The van der Waals surface area contributed by atoms with Crippen LogP contribution in [0.25, 0.3) is 0 Å². The Labute approximate surface area is 189 Å². The van der Waals surface area contributed by atoms with Crippen LogP contribution in [-0.2, 0) is 22.6 Å². The van der Waals surface area contributed by atoms with E-state index in [1.165, 1.54) is 0 Å². The van der Waals surface area contributed by atoms with Gasteiger partial charge in [0, 0.05) is 17.6 Å². The highest BCUT2D eigenvalue weighted by atomic mass is 35.5. The van der Waals surface area contributed by atoms with E-state index in [1.807, 2.05) is 43.3 Å². The van der Waals surface area contributed by atoms with Crippen molar-refractivity contribution in [2.75, 3.05) is 7.11 Å². The lowest BCUT2D eigenvalue weighted by Gasteiger charge is -2.31. The van der Waals surface area contributed by atoms with Gasteiger partial charge in [-0.25, -0.2) is 0 Å². The van der Waals surface area contributed by atoms with Gasteiger partial charge in [0.15, 0.2) is 0 Å². The van der Waals surface area contributed by atoms with Gasteiger partial charge in [0.05, 0.1) is 13.5 Å². The molecule has 5 nitrogen and oxygen atoms in total. The summed E-state index contributed by atoms with van der Waals surface area (Å²) >= 11 is 5.98. The van der Waals surface area contributed by atoms with Gasteiger partial charge in [-0.15, -0.1) is 0 Å². The highest BCUT2D eigenvalue weighted by Crippen LogP contribution is 2.21. The number of benzene rings is 2. The molecule has 1 aliphatic rings.